The zero-order valence-electron chi connectivity index (χ0n) is 10.5. The van der Waals surface area contributed by atoms with Crippen LogP contribution in [0.1, 0.15) is 16.1 Å². The van der Waals surface area contributed by atoms with Crippen LogP contribution in [0.4, 0.5) is 0 Å². The first-order valence-electron chi connectivity index (χ1n) is 5.49. The Labute approximate surface area is 114 Å². The summed E-state index contributed by atoms with van der Waals surface area (Å²) in [4.78, 5) is 19.9. The van der Waals surface area contributed by atoms with Crippen LogP contribution in [0.5, 0.6) is 11.8 Å². The van der Waals surface area contributed by atoms with Gasteiger partial charge in [-0.25, -0.2) is 9.78 Å². The van der Waals surface area contributed by atoms with Gasteiger partial charge in [-0.05, 0) is 37.4 Å². The van der Waals surface area contributed by atoms with Gasteiger partial charge in [0.05, 0.1) is 11.3 Å². The number of carboxylic acids is 1. The monoisotopic (exact) mass is 276 g/mol. The molecule has 19 heavy (non-hydrogen) atoms. The molecule has 0 aliphatic carbocycles. The molecule has 1 aromatic heterocycles. The third-order valence-corrected chi connectivity index (χ3v) is 3.20. The Kier molecular flexibility index (Phi) is 4.01. The minimum atomic E-state index is -1.05. The maximum absolute atomic E-state index is 10.8. The molecular formula is C13H12N2O3S. The molecule has 0 amide bonds. The van der Waals surface area contributed by atoms with E-state index in [0.717, 1.165) is 4.90 Å². The largest absolute Gasteiger partial charge is 0.478 e. The van der Waals surface area contributed by atoms with Gasteiger partial charge < -0.3 is 9.84 Å². The van der Waals surface area contributed by atoms with Crippen molar-refractivity contribution in [2.75, 3.05) is 6.26 Å². The van der Waals surface area contributed by atoms with Gasteiger partial charge in [0, 0.05) is 11.1 Å². The van der Waals surface area contributed by atoms with Gasteiger partial charge >= 0.3 is 12.0 Å². The van der Waals surface area contributed by atoms with Crippen LogP contribution in [0.15, 0.2) is 35.4 Å². The Morgan fingerprint density at radius 2 is 2.00 bits per heavy atom. The number of hydrogen-bond donors (Lipinski definition) is 1. The molecule has 5 nitrogen and oxygen atoms in total. The van der Waals surface area contributed by atoms with E-state index >= 15 is 0 Å². The molecule has 6 heteroatoms. The van der Waals surface area contributed by atoms with Crippen molar-refractivity contribution in [1.82, 2.24) is 9.97 Å². The highest BCUT2D eigenvalue weighted by atomic mass is 32.2. The molecule has 2 rings (SSSR count). The summed E-state index contributed by atoms with van der Waals surface area (Å²) in [5.41, 5.74) is 0.448. The first-order valence-corrected chi connectivity index (χ1v) is 6.71. The minimum absolute atomic E-state index is 0.0741. The summed E-state index contributed by atoms with van der Waals surface area (Å²) in [7, 11) is 0. The lowest BCUT2D eigenvalue weighted by Gasteiger charge is -2.06. The van der Waals surface area contributed by atoms with Crippen molar-refractivity contribution < 1.29 is 14.6 Å². The predicted octanol–water partition coefficient (Wildman–Crippen LogP) is 3.00. The Bertz CT molecular complexity index is 599. The van der Waals surface area contributed by atoms with Crippen LogP contribution < -0.4 is 4.74 Å². The van der Waals surface area contributed by atoms with E-state index in [1.807, 2.05) is 30.5 Å². The number of aromatic carboxylic acids is 1. The molecule has 98 valence electrons. The fourth-order valence-corrected chi connectivity index (χ4v) is 1.86. The summed E-state index contributed by atoms with van der Waals surface area (Å²) in [6, 6.07) is 7.63. The van der Waals surface area contributed by atoms with Crippen molar-refractivity contribution in [3.8, 4) is 11.8 Å². The maximum atomic E-state index is 10.8. The Morgan fingerprint density at radius 1 is 1.32 bits per heavy atom. The molecule has 2 aromatic rings. The molecule has 0 spiro atoms. The molecule has 1 N–H and O–H groups in total. The smallest absolute Gasteiger partial charge is 0.339 e. The molecule has 0 saturated carbocycles. The summed E-state index contributed by atoms with van der Waals surface area (Å²) < 4.78 is 5.47. The van der Waals surface area contributed by atoms with Gasteiger partial charge in [0.25, 0.3) is 0 Å². The van der Waals surface area contributed by atoms with Gasteiger partial charge in [-0.2, -0.15) is 4.98 Å². The molecular weight excluding hydrogens is 264 g/mol. The number of benzene rings is 1. The van der Waals surface area contributed by atoms with E-state index in [-0.39, 0.29) is 11.6 Å². The van der Waals surface area contributed by atoms with Crippen LogP contribution >= 0.6 is 11.8 Å². The lowest BCUT2D eigenvalue weighted by atomic mass is 10.2. The minimum Gasteiger partial charge on any atom is -0.478 e. The van der Waals surface area contributed by atoms with Crippen LogP contribution in [0.2, 0.25) is 0 Å². The fourth-order valence-electron chi connectivity index (χ4n) is 1.45. The second-order valence-corrected chi connectivity index (χ2v) is 4.61. The lowest BCUT2D eigenvalue weighted by Crippen LogP contribution is -2.04. The molecule has 0 aliphatic heterocycles. The maximum Gasteiger partial charge on any atom is 0.339 e. The number of hydrogen-bond acceptors (Lipinski definition) is 5. The van der Waals surface area contributed by atoms with E-state index in [2.05, 4.69) is 9.97 Å². The number of ether oxygens (including phenoxy) is 1. The number of carbonyl (C=O) groups is 1. The zero-order chi connectivity index (χ0) is 13.8. The quantitative estimate of drug-likeness (QED) is 0.865. The molecule has 1 aromatic carbocycles. The Hall–Kier alpha value is -2.08. The van der Waals surface area contributed by atoms with E-state index in [9.17, 15) is 4.79 Å². The normalized spacial score (nSPS) is 10.2. The van der Waals surface area contributed by atoms with Gasteiger partial charge in [0.2, 0.25) is 0 Å². The molecule has 0 fully saturated rings. The van der Waals surface area contributed by atoms with E-state index < -0.39 is 5.97 Å². The summed E-state index contributed by atoms with van der Waals surface area (Å²) >= 11 is 1.64. The number of thioether (sulfide) groups is 1. The van der Waals surface area contributed by atoms with Crippen LogP contribution in [-0.4, -0.2) is 27.3 Å². The molecule has 0 atom stereocenters. The first kappa shape index (κ1) is 13.4. The molecule has 0 saturated heterocycles. The second kappa shape index (κ2) is 5.71. The standard InChI is InChI=1S/C13H12N2O3S/c1-8-11(12(16)17)7-14-13(15-8)18-9-3-5-10(19-2)6-4-9/h3-7H,1-2H3,(H,16,17). The van der Waals surface area contributed by atoms with E-state index in [4.69, 9.17) is 9.84 Å². The molecule has 1 heterocycles. The number of aromatic nitrogens is 2. The van der Waals surface area contributed by atoms with Crippen molar-refractivity contribution in [1.29, 1.82) is 0 Å². The van der Waals surface area contributed by atoms with Crippen LogP contribution in [0.3, 0.4) is 0 Å². The highest BCUT2D eigenvalue weighted by Crippen LogP contribution is 2.22. The van der Waals surface area contributed by atoms with Crippen molar-refractivity contribution in [2.24, 2.45) is 0 Å². The molecule has 0 radical (unpaired) electrons. The summed E-state index contributed by atoms with van der Waals surface area (Å²) in [6.07, 6.45) is 3.24. The topological polar surface area (TPSA) is 72.3 Å². The van der Waals surface area contributed by atoms with Gasteiger partial charge in [0.15, 0.2) is 0 Å². The summed E-state index contributed by atoms with van der Waals surface area (Å²) in [6.45, 7) is 1.61. The van der Waals surface area contributed by atoms with Crippen molar-refractivity contribution in [3.63, 3.8) is 0 Å². The number of carboxylic acid groups (broad SMARTS) is 1. The van der Waals surface area contributed by atoms with Crippen molar-refractivity contribution in [2.45, 2.75) is 11.8 Å². The highest BCUT2D eigenvalue weighted by Gasteiger charge is 2.10. The average molecular weight is 276 g/mol. The molecule has 0 aliphatic rings. The van der Waals surface area contributed by atoms with Crippen LogP contribution in [0.25, 0.3) is 0 Å². The SMILES string of the molecule is CSc1ccc(Oc2ncc(C(=O)O)c(C)n2)cc1. The first-order chi connectivity index (χ1) is 9.10. The predicted molar refractivity (Wildman–Crippen MR) is 72.0 cm³/mol. The van der Waals surface area contributed by atoms with Crippen molar-refractivity contribution >= 4 is 17.7 Å². The Morgan fingerprint density at radius 3 is 2.53 bits per heavy atom. The van der Waals surface area contributed by atoms with Gasteiger partial charge in [-0.3, -0.25) is 0 Å². The number of nitrogens with zero attached hydrogens (tertiary/aromatic N) is 2. The van der Waals surface area contributed by atoms with E-state index in [1.165, 1.54) is 6.20 Å². The zero-order valence-corrected chi connectivity index (χ0v) is 11.3. The average Bonchev–Trinajstić information content (AvgIpc) is 2.39. The molecule has 0 bridgehead atoms. The van der Waals surface area contributed by atoms with E-state index in [0.29, 0.717) is 11.4 Å². The van der Waals surface area contributed by atoms with Gasteiger partial charge in [0.1, 0.15) is 5.75 Å². The van der Waals surface area contributed by atoms with E-state index in [1.54, 1.807) is 18.7 Å². The fraction of sp³-hybridized carbons (Fsp3) is 0.154. The summed E-state index contributed by atoms with van der Waals surface area (Å²) in [5, 5.41) is 8.88. The van der Waals surface area contributed by atoms with Crippen molar-refractivity contribution in [3.05, 3.63) is 41.7 Å². The highest BCUT2D eigenvalue weighted by molar-refractivity contribution is 7.98. The second-order valence-electron chi connectivity index (χ2n) is 3.73. The number of aryl methyl sites for hydroxylation is 1. The van der Waals surface area contributed by atoms with Crippen LogP contribution in [-0.2, 0) is 0 Å². The van der Waals surface area contributed by atoms with Gasteiger partial charge in [-0.15, -0.1) is 11.8 Å². The number of rotatable bonds is 4. The third kappa shape index (κ3) is 3.23. The third-order valence-electron chi connectivity index (χ3n) is 2.46. The molecule has 0 unspecified atom stereocenters. The Balaban J connectivity index is 2.18. The lowest BCUT2D eigenvalue weighted by molar-refractivity contribution is 0.0695. The van der Waals surface area contributed by atoms with Gasteiger partial charge in [-0.1, -0.05) is 0 Å². The summed E-state index contributed by atoms with van der Waals surface area (Å²) in [5.74, 6) is -0.436. The van der Waals surface area contributed by atoms with Crippen LogP contribution in [0, 0.1) is 6.92 Å².